The van der Waals surface area contributed by atoms with E-state index in [2.05, 4.69) is 5.32 Å². The van der Waals surface area contributed by atoms with E-state index in [-0.39, 0.29) is 12.2 Å². The van der Waals surface area contributed by atoms with Gasteiger partial charge in [0.2, 0.25) is 9.84 Å². The number of hydrogen-bond acceptors (Lipinski definition) is 5. The van der Waals surface area contributed by atoms with Gasteiger partial charge in [0.25, 0.3) is 0 Å². The molecule has 0 aliphatic heterocycles. The fourth-order valence-corrected chi connectivity index (χ4v) is 3.32. The minimum atomic E-state index is -4.66. The summed E-state index contributed by atoms with van der Waals surface area (Å²) in [5.41, 5.74) is 0.115. The lowest BCUT2D eigenvalue weighted by Gasteiger charge is -2.11. The van der Waals surface area contributed by atoms with Crippen molar-refractivity contribution < 1.29 is 17.2 Å². The van der Waals surface area contributed by atoms with Gasteiger partial charge in [0, 0.05) is 11.4 Å². The lowest BCUT2D eigenvalue weighted by molar-refractivity contribution is 0.235. The topological polar surface area (TPSA) is 70.0 Å². The van der Waals surface area contributed by atoms with E-state index in [1.807, 2.05) is 6.07 Å². The van der Waals surface area contributed by atoms with Crippen LogP contribution in [0.5, 0.6) is 0 Å². The molecule has 0 atom stereocenters. The van der Waals surface area contributed by atoms with Crippen LogP contribution < -0.4 is 5.32 Å². The Morgan fingerprint density at radius 1 is 1.24 bits per heavy atom. The third-order valence-electron chi connectivity index (χ3n) is 2.65. The molecule has 0 fully saturated rings. The number of nitriles is 1. The fourth-order valence-electron chi connectivity index (χ4n) is 1.67. The van der Waals surface area contributed by atoms with Gasteiger partial charge in [-0.3, -0.25) is 0 Å². The number of nitrogens with zero attached hydrogens (tertiary/aromatic N) is 1. The van der Waals surface area contributed by atoms with Crippen LogP contribution in [0.2, 0.25) is 0 Å². The second-order valence-electron chi connectivity index (χ2n) is 4.03. The minimum absolute atomic E-state index is 0.115. The average Bonchev–Trinajstić information content (AvgIpc) is 2.93. The van der Waals surface area contributed by atoms with Gasteiger partial charge in [0.1, 0.15) is 10.9 Å². The highest BCUT2D eigenvalue weighted by atomic mass is 32.2. The molecule has 0 amide bonds. The van der Waals surface area contributed by atoms with Gasteiger partial charge in [-0.2, -0.15) is 14.0 Å². The van der Waals surface area contributed by atoms with Crippen molar-refractivity contribution in [1.82, 2.24) is 0 Å². The van der Waals surface area contributed by atoms with Gasteiger partial charge in [-0.1, -0.05) is 12.1 Å². The molecule has 0 spiro atoms. The van der Waals surface area contributed by atoms with Gasteiger partial charge >= 0.3 is 5.76 Å². The summed E-state index contributed by atoms with van der Waals surface area (Å²) in [4.78, 5) is 0.896. The predicted molar refractivity (Wildman–Crippen MR) is 76.0 cm³/mol. The van der Waals surface area contributed by atoms with Gasteiger partial charge in [0.05, 0.1) is 10.6 Å². The SMILES string of the molecule is N#Cc1ccc(CNc2ccccc2S(=O)(=O)C(F)F)s1. The summed E-state index contributed by atoms with van der Waals surface area (Å²) in [5.74, 6) is -3.47. The van der Waals surface area contributed by atoms with Crippen LogP contribution in [-0.2, 0) is 16.4 Å². The third-order valence-corrected chi connectivity index (χ3v) is 5.08. The number of benzene rings is 1. The smallest absolute Gasteiger partial charge is 0.341 e. The fraction of sp³-hybridized carbons (Fsp3) is 0.154. The molecule has 0 saturated heterocycles. The van der Waals surface area contributed by atoms with Crippen LogP contribution in [-0.4, -0.2) is 14.2 Å². The molecule has 0 bridgehead atoms. The average molecular weight is 328 g/mol. The molecule has 2 rings (SSSR count). The Morgan fingerprint density at radius 3 is 2.57 bits per heavy atom. The van der Waals surface area contributed by atoms with E-state index in [0.29, 0.717) is 4.88 Å². The molecule has 110 valence electrons. The van der Waals surface area contributed by atoms with Crippen LogP contribution in [0.4, 0.5) is 14.5 Å². The van der Waals surface area contributed by atoms with Crippen LogP contribution in [0.1, 0.15) is 9.75 Å². The number of hydrogen-bond donors (Lipinski definition) is 1. The molecule has 0 aliphatic rings. The molecule has 21 heavy (non-hydrogen) atoms. The van der Waals surface area contributed by atoms with Gasteiger partial charge in [-0.05, 0) is 24.3 Å². The number of rotatable bonds is 5. The van der Waals surface area contributed by atoms with E-state index < -0.39 is 20.5 Å². The molecule has 2 aromatic rings. The Bertz CT molecular complexity index is 779. The first-order valence-electron chi connectivity index (χ1n) is 5.79. The number of anilines is 1. The predicted octanol–water partition coefficient (Wildman–Crippen LogP) is 3.23. The van der Waals surface area contributed by atoms with Crippen molar-refractivity contribution >= 4 is 26.9 Å². The Kier molecular flexibility index (Phi) is 4.55. The Labute approximate surface area is 124 Å². The lowest BCUT2D eigenvalue weighted by atomic mass is 10.3. The summed E-state index contributed by atoms with van der Waals surface area (Å²) >= 11 is 1.25. The zero-order valence-electron chi connectivity index (χ0n) is 10.6. The van der Waals surface area contributed by atoms with Crippen molar-refractivity contribution in [2.24, 2.45) is 0 Å². The molecular weight excluding hydrogens is 318 g/mol. The molecule has 1 N–H and O–H groups in total. The standard InChI is InChI=1S/C13H10F2N2O2S2/c14-13(15)21(18,19)12-4-2-1-3-11(12)17-8-10-6-5-9(7-16)20-10/h1-6,13,17H,8H2. The summed E-state index contributed by atoms with van der Waals surface area (Å²) in [6.07, 6.45) is 0. The second kappa shape index (κ2) is 6.20. The molecule has 1 aromatic heterocycles. The van der Waals surface area contributed by atoms with Gasteiger partial charge in [-0.25, -0.2) is 8.42 Å². The van der Waals surface area contributed by atoms with Crippen molar-refractivity contribution in [3.05, 3.63) is 46.2 Å². The molecule has 1 aromatic carbocycles. The van der Waals surface area contributed by atoms with E-state index in [0.717, 1.165) is 10.9 Å². The first-order valence-corrected chi connectivity index (χ1v) is 8.15. The lowest BCUT2D eigenvalue weighted by Crippen LogP contribution is -2.14. The first-order chi connectivity index (χ1) is 9.95. The second-order valence-corrected chi connectivity index (χ2v) is 7.09. The van der Waals surface area contributed by atoms with Crippen LogP contribution in [0.25, 0.3) is 0 Å². The highest BCUT2D eigenvalue weighted by Crippen LogP contribution is 2.27. The highest BCUT2D eigenvalue weighted by molar-refractivity contribution is 7.91. The molecule has 8 heteroatoms. The number of alkyl halides is 2. The van der Waals surface area contributed by atoms with E-state index in [9.17, 15) is 17.2 Å². The molecule has 0 aliphatic carbocycles. The summed E-state index contributed by atoms with van der Waals surface area (Å²) in [6, 6.07) is 10.9. The van der Waals surface area contributed by atoms with Crippen molar-refractivity contribution in [2.45, 2.75) is 17.2 Å². The normalized spacial score (nSPS) is 11.3. The third kappa shape index (κ3) is 3.37. The first kappa shape index (κ1) is 15.4. The number of sulfone groups is 1. The summed E-state index contributed by atoms with van der Waals surface area (Å²) in [6.45, 7) is 0.252. The van der Waals surface area contributed by atoms with Crippen LogP contribution in [0.15, 0.2) is 41.3 Å². The van der Waals surface area contributed by atoms with Gasteiger partial charge in [0.15, 0.2) is 0 Å². The Hall–Kier alpha value is -1.98. The molecule has 0 radical (unpaired) electrons. The summed E-state index contributed by atoms with van der Waals surface area (Å²) in [5, 5.41) is 11.5. The van der Waals surface area contributed by atoms with Crippen LogP contribution in [0, 0.1) is 11.3 Å². The minimum Gasteiger partial charge on any atom is -0.379 e. The van der Waals surface area contributed by atoms with E-state index >= 15 is 0 Å². The van der Waals surface area contributed by atoms with E-state index in [1.54, 1.807) is 18.2 Å². The number of para-hydroxylation sites is 1. The van der Waals surface area contributed by atoms with E-state index in [1.165, 1.54) is 23.5 Å². The molecule has 4 nitrogen and oxygen atoms in total. The maximum absolute atomic E-state index is 12.6. The highest BCUT2D eigenvalue weighted by Gasteiger charge is 2.28. The van der Waals surface area contributed by atoms with Crippen LogP contribution >= 0.6 is 11.3 Å². The largest absolute Gasteiger partial charge is 0.379 e. The van der Waals surface area contributed by atoms with Crippen molar-refractivity contribution in [3.8, 4) is 6.07 Å². The summed E-state index contributed by atoms with van der Waals surface area (Å²) < 4.78 is 48.5. The quantitative estimate of drug-likeness (QED) is 0.915. The maximum Gasteiger partial charge on any atom is 0.341 e. The number of halogens is 2. The zero-order valence-corrected chi connectivity index (χ0v) is 12.2. The van der Waals surface area contributed by atoms with Crippen LogP contribution in [0.3, 0.4) is 0 Å². The molecule has 1 heterocycles. The summed E-state index contributed by atoms with van der Waals surface area (Å²) in [7, 11) is -4.66. The van der Waals surface area contributed by atoms with Crippen molar-refractivity contribution in [1.29, 1.82) is 5.26 Å². The Morgan fingerprint density at radius 2 is 1.95 bits per heavy atom. The van der Waals surface area contributed by atoms with Crippen molar-refractivity contribution in [3.63, 3.8) is 0 Å². The molecule has 0 unspecified atom stereocenters. The monoisotopic (exact) mass is 328 g/mol. The number of nitrogens with one attached hydrogen (secondary N) is 1. The Balaban J connectivity index is 2.24. The van der Waals surface area contributed by atoms with Crippen molar-refractivity contribution in [2.75, 3.05) is 5.32 Å². The molecule has 0 saturated carbocycles. The van der Waals surface area contributed by atoms with E-state index in [4.69, 9.17) is 5.26 Å². The zero-order chi connectivity index (χ0) is 15.5. The molecular formula is C13H10F2N2O2S2. The maximum atomic E-state index is 12.6. The van der Waals surface area contributed by atoms with Gasteiger partial charge in [-0.15, -0.1) is 11.3 Å². The number of thiophene rings is 1. The van der Waals surface area contributed by atoms with Gasteiger partial charge < -0.3 is 5.32 Å².